The zero-order valence-electron chi connectivity index (χ0n) is 6.08. The number of aliphatic hydroxyl groups is 4. The van der Waals surface area contributed by atoms with Crippen LogP contribution in [0.4, 0.5) is 0 Å². The maximum absolute atomic E-state index is 9.09. The highest BCUT2D eigenvalue weighted by Crippen LogP contribution is 2.18. The number of hydrogen-bond donors (Lipinski definition) is 4. The SMILES string of the molecule is C[C@H]1O[C@H](O)[C@H](O)C(O)[C@H]1O. The summed E-state index contributed by atoms with van der Waals surface area (Å²) >= 11 is 0. The van der Waals surface area contributed by atoms with Crippen molar-refractivity contribution in [3.63, 3.8) is 0 Å². The smallest absolute Gasteiger partial charge is 0.183 e. The van der Waals surface area contributed by atoms with Crippen LogP contribution in [-0.4, -0.2) is 51.1 Å². The van der Waals surface area contributed by atoms with Gasteiger partial charge in [0.15, 0.2) is 6.29 Å². The van der Waals surface area contributed by atoms with Gasteiger partial charge in [0.2, 0.25) is 0 Å². The van der Waals surface area contributed by atoms with Gasteiger partial charge in [0, 0.05) is 0 Å². The molecule has 1 rings (SSSR count). The van der Waals surface area contributed by atoms with E-state index in [1.807, 2.05) is 0 Å². The molecule has 0 aliphatic carbocycles. The lowest BCUT2D eigenvalue weighted by atomic mass is 10.0. The third-order valence-electron chi connectivity index (χ3n) is 1.83. The van der Waals surface area contributed by atoms with Gasteiger partial charge in [-0.15, -0.1) is 0 Å². The van der Waals surface area contributed by atoms with Gasteiger partial charge in [0.1, 0.15) is 18.3 Å². The van der Waals surface area contributed by atoms with Crippen molar-refractivity contribution >= 4 is 0 Å². The molecule has 4 N–H and O–H groups in total. The summed E-state index contributed by atoms with van der Waals surface area (Å²) in [6.07, 6.45) is -5.99. The van der Waals surface area contributed by atoms with Crippen LogP contribution in [0.3, 0.4) is 0 Å². The third kappa shape index (κ3) is 1.52. The van der Waals surface area contributed by atoms with Gasteiger partial charge in [-0.3, -0.25) is 0 Å². The van der Waals surface area contributed by atoms with Crippen LogP contribution in [0.1, 0.15) is 6.92 Å². The standard InChI is InChI=1S/C6H12O5/c1-2-3(7)4(8)5(9)6(10)11-2/h2-10H,1H3/t2-,3+,4?,5-,6+/m1/s1. The number of ether oxygens (including phenoxy) is 1. The van der Waals surface area contributed by atoms with Crippen molar-refractivity contribution < 1.29 is 25.2 Å². The summed E-state index contributed by atoms with van der Waals surface area (Å²) in [7, 11) is 0. The fourth-order valence-corrected chi connectivity index (χ4v) is 1.03. The quantitative estimate of drug-likeness (QED) is 0.326. The number of hydrogen-bond acceptors (Lipinski definition) is 5. The van der Waals surface area contributed by atoms with Crippen LogP contribution in [0, 0.1) is 0 Å². The van der Waals surface area contributed by atoms with Crippen molar-refractivity contribution in [3.05, 3.63) is 0 Å². The predicted molar refractivity (Wildman–Crippen MR) is 34.6 cm³/mol. The summed E-state index contributed by atoms with van der Waals surface area (Å²) < 4.78 is 4.68. The van der Waals surface area contributed by atoms with E-state index >= 15 is 0 Å². The fourth-order valence-electron chi connectivity index (χ4n) is 1.03. The Morgan fingerprint density at radius 3 is 2.00 bits per heavy atom. The van der Waals surface area contributed by atoms with Crippen molar-refractivity contribution in [1.29, 1.82) is 0 Å². The maximum atomic E-state index is 9.09. The molecule has 1 saturated heterocycles. The Kier molecular flexibility index (Phi) is 2.46. The molecule has 1 aliphatic heterocycles. The lowest BCUT2D eigenvalue weighted by Crippen LogP contribution is -2.56. The molecule has 5 nitrogen and oxygen atoms in total. The van der Waals surface area contributed by atoms with E-state index in [9.17, 15) is 0 Å². The molecule has 0 aromatic rings. The summed E-state index contributed by atoms with van der Waals surface area (Å²) in [5.41, 5.74) is 0. The second-order valence-electron chi connectivity index (χ2n) is 2.70. The Morgan fingerprint density at radius 1 is 0.909 bits per heavy atom. The molecule has 5 heteroatoms. The molecule has 0 radical (unpaired) electrons. The summed E-state index contributed by atoms with van der Waals surface area (Å²) in [5, 5.41) is 36.0. The predicted octanol–water partition coefficient (Wildman–Crippen LogP) is -2.19. The zero-order chi connectivity index (χ0) is 8.59. The molecular weight excluding hydrogens is 152 g/mol. The van der Waals surface area contributed by atoms with Gasteiger partial charge in [-0.2, -0.15) is 0 Å². The maximum Gasteiger partial charge on any atom is 0.183 e. The molecule has 0 amide bonds. The van der Waals surface area contributed by atoms with E-state index in [4.69, 9.17) is 20.4 Å². The van der Waals surface area contributed by atoms with E-state index in [0.717, 1.165) is 0 Å². The zero-order valence-corrected chi connectivity index (χ0v) is 6.08. The molecule has 1 fully saturated rings. The van der Waals surface area contributed by atoms with E-state index < -0.39 is 30.7 Å². The fraction of sp³-hybridized carbons (Fsp3) is 1.00. The molecule has 5 atom stereocenters. The van der Waals surface area contributed by atoms with Gasteiger partial charge in [-0.1, -0.05) is 0 Å². The average Bonchev–Trinajstić information content (AvgIpc) is 1.97. The minimum absolute atomic E-state index is 0.664. The van der Waals surface area contributed by atoms with Gasteiger partial charge in [0.05, 0.1) is 6.10 Å². The Bertz CT molecular complexity index is 125. The third-order valence-corrected chi connectivity index (χ3v) is 1.83. The number of aliphatic hydroxyl groups excluding tert-OH is 4. The van der Waals surface area contributed by atoms with Crippen molar-refractivity contribution in [3.8, 4) is 0 Å². The van der Waals surface area contributed by atoms with Crippen molar-refractivity contribution in [2.75, 3.05) is 0 Å². The Labute approximate surface area is 63.8 Å². The summed E-state index contributed by atoms with van der Waals surface area (Å²) in [5.74, 6) is 0. The van der Waals surface area contributed by atoms with Crippen molar-refractivity contribution in [1.82, 2.24) is 0 Å². The molecule has 0 aromatic carbocycles. The van der Waals surface area contributed by atoms with Gasteiger partial charge in [-0.05, 0) is 6.92 Å². The lowest BCUT2D eigenvalue weighted by molar-refractivity contribution is -0.277. The molecule has 11 heavy (non-hydrogen) atoms. The summed E-state index contributed by atoms with van der Waals surface area (Å²) in [4.78, 5) is 0. The van der Waals surface area contributed by atoms with Crippen LogP contribution in [0.5, 0.6) is 0 Å². The monoisotopic (exact) mass is 164 g/mol. The first-order chi connectivity index (χ1) is 5.04. The highest BCUT2D eigenvalue weighted by molar-refractivity contribution is 4.86. The molecule has 0 spiro atoms. The molecule has 0 saturated carbocycles. The topological polar surface area (TPSA) is 90.2 Å². The van der Waals surface area contributed by atoms with Crippen LogP contribution in [0.15, 0.2) is 0 Å². The molecular formula is C6H12O5. The van der Waals surface area contributed by atoms with E-state index in [1.165, 1.54) is 6.92 Å². The van der Waals surface area contributed by atoms with Crippen LogP contribution < -0.4 is 0 Å². The Hall–Kier alpha value is -0.200. The van der Waals surface area contributed by atoms with Crippen LogP contribution in [0.25, 0.3) is 0 Å². The second-order valence-corrected chi connectivity index (χ2v) is 2.70. The van der Waals surface area contributed by atoms with E-state index in [-0.39, 0.29) is 0 Å². The van der Waals surface area contributed by atoms with Gasteiger partial charge in [0.25, 0.3) is 0 Å². The van der Waals surface area contributed by atoms with Crippen LogP contribution >= 0.6 is 0 Å². The van der Waals surface area contributed by atoms with E-state index in [0.29, 0.717) is 0 Å². The highest BCUT2D eigenvalue weighted by atomic mass is 16.6. The minimum Gasteiger partial charge on any atom is -0.388 e. The largest absolute Gasteiger partial charge is 0.388 e. The first kappa shape index (κ1) is 8.89. The highest BCUT2D eigenvalue weighted by Gasteiger charge is 2.40. The van der Waals surface area contributed by atoms with Crippen molar-refractivity contribution in [2.24, 2.45) is 0 Å². The van der Waals surface area contributed by atoms with Crippen LogP contribution in [-0.2, 0) is 4.74 Å². The molecule has 1 heterocycles. The van der Waals surface area contributed by atoms with E-state index in [2.05, 4.69) is 4.74 Å². The van der Waals surface area contributed by atoms with Gasteiger partial charge < -0.3 is 25.2 Å². The summed E-state index contributed by atoms with van der Waals surface area (Å²) in [6, 6.07) is 0. The Morgan fingerprint density at radius 2 is 1.45 bits per heavy atom. The molecule has 0 bridgehead atoms. The van der Waals surface area contributed by atoms with E-state index in [1.54, 1.807) is 0 Å². The summed E-state index contributed by atoms with van der Waals surface area (Å²) in [6.45, 7) is 1.50. The first-order valence-corrected chi connectivity index (χ1v) is 3.41. The molecule has 0 aromatic heterocycles. The Balaban J connectivity index is 2.63. The molecule has 66 valence electrons. The molecule has 1 unspecified atom stereocenters. The lowest BCUT2D eigenvalue weighted by Gasteiger charge is -2.36. The van der Waals surface area contributed by atoms with Gasteiger partial charge in [-0.25, -0.2) is 0 Å². The second kappa shape index (κ2) is 3.04. The first-order valence-electron chi connectivity index (χ1n) is 3.41. The van der Waals surface area contributed by atoms with Crippen molar-refractivity contribution in [2.45, 2.75) is 37.6 Å². The number of rotatable bonds is 0. The minimum atomic E-state index is -1.43. The van der Waals surface area contributed by atoms with Gasteiger partial charge >= 0.3 is 0 Å². The normalized spacial score (nSPS) is 52.6. The molecule has 1 aliphatic rings. The van der Waals surface area contributed by atoms with Crippen LogP contribution in [0.2, 0.25) is 0 Å². The average molecular weight is 164 g/mol.